The zero-order chi connectivity index (χ0) is 16.1. The topological polar surface area (TPSA) is 40.5 Å². The van der Waals surface area contributed by atoms with Gasteiger partial charge >= 0.3 is 0 Å². The van der Waals surface area contributed by atoms with Gasteiger partial charge in [0.1, 0.15) is 5.75 Å². The maximum atomic E-state index is 12.7. The summed E-state index contributed by atoms with van der Waals surface area (Å²) < 4.78 is 36.3. The molecule has 1 heterocycles. The Morgan fingerprint density at radius 1 is 1.35 bits per heavy atom. The molecule has 0 atom stereocenters. The van der Waals surface area contributed by atoms with E-state index in [4.69, 9.17) is 21.1 Å². The van der Waals surface area contributed by atoms with Crippen LogP contribution in [0, 0.1) is 6.07 Å². The predicted octanol–water partition coefficient (Wildman–Crippen LogP) is 3.21. The monoisotopic (exact) mass is 417 g/mol. The van der Waals surface area contributed by atoms with Crippen LogP contribution in [0.4, 0.5) is 8.78 Å². The molecule has 0 saturated heterocycles. The molecule has 4 nitrogen and oxygen atoms in total. The number of pyridine rings is 1. The Balaban J connectivity index is 0.00000264. The molecule has 2 aromatic rings. The summed E-state index contributed by atoms with van der Waals surface area (Å²) in [5.41, 5.74) is 0.0886. The third-order valence-corrected chi connectivity index (χ3v) is 3.15. The van der Waals surface area contributed by atoms with Crippen LogP contribution in [-0.4, -0.2) is 24.9 Å². The van der Waals surface area contributed by atoms with Gasteiger partial charge in [0.25, 0.3) is 6.43 Å². The van der Waals surface area contributed by atoms with Crippen molar-refractivity contribution in [3.05, 3.63) is 51.8 Å². The van der Waals surface area contributed by atoms with Crippen molar-refractivity contribution >= 4 is 11.6 Å². The van der Waals surface area contributed by atoms with Crippen molar-refractivity contribution in [1.82, 2.24) is 4.57 Å². The molecule has 0 aliphatic rings. The summed E-state index contributed by atoms with van der Waals surface area (Å²) in [4.78, 5) is 11.8. The Hall–Kier alpha value is -0.816. The number of alkyl halides is 2. The summed E-state index contributed by atoms with van der Waals surface area (Å²) in [6.45, 7) is -0.660. The van der Waals surface area contributed by atoms with Crippen molar-refractivity contribution in [2.45, 2.75) is 13.0 Å². The van der Waals surface area contributed by atoms with Crippen LogP contribution in [0.15, 0.2) is 35.1 Å². The fourth-order valence-corrected chi connectivity index (χ4v) is 2.18. The van der Waals surface area contributed by atoms with Crippen molar-refractivity contribution in [3.63, 3.8) is 0 Å². The average molecular weight is 418 g/mol. The van der Waals surface area contributed by atoms with Crippen LogP contribution >= 0.6 is 11.6 Å². The van der Waals surface area contributed by atoms with E-state index in [-0.39, 0.29) is 50.2 Å². The van der Waals surface area contributed by atoms with Gasteiger partial charge < -0.3 is 14.0 Å². The standard InChI is InChI=1S/C15H13ClF2NO3.Y/c1-21-9-22-10-5-6-11(12(16)7-10)13-3-2-4-15(20)19(13)8-14(17)18;/h2,4-7,14H,8-9H2,1H3;/q-1;. The van der Waals surface area contributed by atoms with E-state index in [2.05, 4.69) is 6.07 Å². The Morgan fingerprint density at radius 3 is 2.70 bits per heavy atom. The number of methoxy groups -OCH3 is 1. The maximum Gasteiger partial charge on any atom is 0.256 e. The van der Waals surface area contributed by atoms with Gasteiger partial charge in [0.05, 0.1) is 6.54 Å². The molecule has 0 saturated carbocycles. The zero-order valence-electron chi connectivity index (χ0n) is 12.3. The van der Waals surface area contributed by atoms with Crippen LogP contribution in [0.25, 0.3) is 11.3 Å². The van der Waals surface area contributed by atoms with Crippen LogP contribution in [0.1, 0.15) is 0 Å². The fourth-order valence-electron chi connectivity index (χ4n) is 1.92. The Kier molecular flexibility index (Phi) is 8.33. The molecule has 1 radical (unpaired) electrons. The molecule has 1 aromatic heterocycles. The first-order chi connectivity index (χ1) is 10.5. The molecular weight excluding hydrogens is 405 g/mol. The van der Waals surface area contributed by atoms with E-state index in [1.807, 2.05) is 0 Å². The van der Waals surface area contributed by atoms with Crippen molar-refractivity contribution in [1.29, 1.82) is 0 Å². The SMILES string of the molecule is COCOc1ccc(-c2[c-]ccc(=O)n2CC(F)F)c(Cl)c1.[Y]. The predicted molar refractivity (Wildman–Crippen MR) is 78.5 cm³/mol. The summed E-state index contributed by atoms with van der Waals surface area (Å²) in [7, 11) is 1.48. The molecule has 0 aliphatic heterocycles. The first-order valence-corrected chi connectivity index (χ1v) is 6.72. The minimum Gasteiger partial charge on any atom is -0.468 e. The summed E-state index contributed by atoms with van der Waals surface area (Å²) in [6.07, 6.45) is -2.66. The van der Waals surface area contributed by atoms with E-state index < -0.39 is 18.5 Å². The molecule has 0 spiro atoms. The third kappa shape index (κ3) is 5.35. The normalized spacial score (nSPS) is 10.5. The maximum absolute atomic E-state index is 12.7. The average Bonchev–Trinajstić information content (AvgIpc) is 2.47. The van der Waals surface area contributed by atoms with Gasteiger partial charge in [-0.25, -0.2) is 8.78 Å². The number of aromatic nitrogens is 1. The van der Waals surface area contributed by atoms with Crippen molar-refractivity contribution in [3.8, 4) is 17.0 Å². The molecular formula is C15H13ClF2NO3Y-. The molecule has 0 aliphatic carbocycles. The van der Waals surface area contributed by atoms with Crippen LogP contribution in [0.2, 0.25) is 5.02 Å². The number of hydrogen-bond acceptors (Lipinski definition) is 3. The smallest absolute Gasteiger partial charge is 0.256 e. The van der Waals surface area contributed by atoms with E-state index in [1.165, 1.54) is 25.3 Å². The minimum absolute atomic E-state index is 0. The molecule has 0 N–H and O–H groups in total. The van der Waals surface area contributed by atoms with E-state index in [1.54, 1.807) is 12.1 Å². The molecule has 0 amide bonds. The molecule has 8 heteroatoms. The second kappa shape index (κ2) is 9.47. The second-order valence-electron chi connectivity index (χ2n) is 4.36. The van der Waals surface area contributed by atoms with Crippen LogP contribution in [0.5, 0.6) is 5.75 Å². The first kappa shape index (κ1) is 20.2. The Labute approximate surface area is 162 Å². The number of ether oxygens (including phenoxy) is 2. The quantitative estimate of drug-likeness (QED) is 0.535. The zero-order valence-corrected chi connectivity index (χ0v) is 15.9. The summed E-state index contributed by atoms with van der Waals surface area (Å²) in [5.74, 6) is 0.467. The molecule has 0 unspecified atom stereocenters. The fraction of sp³-hybridized carbons (Fsp3) is 0.267. The van der Waals surface area contributed by atoms with Gasteiger partial charge in [0, 0.05) is 39.8 Å². The van der Waals surface area contributed by atoms with E-state index >= 15 is 0 Å². The van der Waals surface area contributed by atoms with Gasteiger partial charge in [-0.1, -0.05) is 28.9 Å². The van der Waals surface area contributed by atoms with Gasteiger partial charge in [0.2, 0.25) is 0 Å². The van der Waals surface area contributed by atoms with Crippen LogP contribution in [-0.2, 0) is 44.0 Å². The Bertz CT molecular complexity index is 709. The van der Waals surface area contributed by atoms with Crippen molar-refractivity contribution in [2.24, 2.45) is 0 Å². The van der Waals surface area contributed by atoms with Gasteiger partial charge in [-0.05, 0) is 17.2 Å². The van der Waals surface area contributed by atoms with Crippen LogP contribution < -0.4 is 10.3 Å². The molecule has 0 bridgehead atoms. The molecule has 121 valence electrons. The van der Waals surface area contributed by atoms with E-state index in [0.717, 1.165) is 4.57 Å². The number of halogens is 3. The van der Waals surface area contributed by atoms with E-state index in [0.29, 0.717) is 11.3 Å². The van der Waals surface area contributed by atoms with Crippen molar-refractivity contribution in [2.75, 3.05) is 13.9 Å². The van der Waals surface area contributed by atoms with Gasteiger partial charge in [0.15, 0.2) is 12.4 Å². The molecule has 1 aromatic carbocycles. The second-order valence-corrected chi connectivity index (χ2v) is 4.77. The summed E-state index contributed by atoms with van der Waals surface area (Å²) in [6, 6.07) is 10.1. The number of nitrogens with zero attached hydrogens (tertiary/aromatic N) is 1. The summed E-state index contributed by atoms with van der Waals surface area (Å²) >= 11 is 6.16. The third-order valence-electron chi connectivity index (χ3n) is 2.84. The largest absolute Gasteiger partial charge is 0.468 e. The molecule has 23 heavy (non-hydrogen) atoms. The number of benzene rings is 1. The van der Waals surface area contributed by atoms with Gasteiger partial charge in [-0.15, -0.1) is 6.07 Å². The van der Waals surface area contributed by atoms with Gasteiger partial charge in [-0.2, -0.15) is 12.1 Å². The van der Waals surface area contributed by atoms with Crippen LogP contribution in [0.3, 0.4) is 0 Å². The van der Waals surface area contributed by atoms with E-state index in [9.17, 15) is 13.6 Å². The molecule has 0 fully saturated rings. The van der Waals surface area contributed by atoms with Gasteiger partial charge in [-0.3, -0.25) is 4.79 Å². The number of rotatable bonds is 6. The summed E-state index contributed by atoms with van der Waals surface area (Å²) in [5, 5.41) is 0.262. The Morgan fingerprint density at radius 2 is 2.09 bits per heavy atom. The first-order valence-electron chi connectivity index (χ1n) is 6.34. The van der Waals surface area contributed by atoms with Crippen molar-refractivity contribution < 1.29 is 51.0 Å². The molecule has 2 rings (SSSR count). The minimum atomic E-state index is -2.66. The number of hydrogen-bond donors (Lipinski definition) is 0.